The van der Waals surface area contributed by atoms with Crippen molar-refractivity contribution in [3.05, 3.63) is 0 Å². The number of nitrogens with zero attached hydrogens (tertiary/aromatic N) is 2. The third-order valence-electron chi connectivity index (χ3n) is 6.40. The fourth-order valence-electron chi connectivity index (χ4n) is 5.00. The maximum atomic E-state index is 12.6. The van der Waals surface area contributed by atoms with Crippen LogP contribution in [0.3, 0.4) is 0 Å². The highest BCUT2D eigenvalue weighted by Gasteiger charge is 2.45. The maximum absolute atomic E-state index is 12.6. The van der Waals surface area contributed by atoms with Gasteiger partial charge in [0.1, 0.15) is 5.60 Å². The highest BCUT2D eigenvalue weighted by molar-refractivity contribution is 14.0. The van der Waals surface area contributed by atoms with Crippen LogP contribution in [0.4, 0.5) is 4.79 Å². The topological polar surface area (TPSA) is 66.0 Å². The number of guanidine groups is 1. The largest absolute Gasteiger partial charge is 0.444 e. The number of fused-ring (bicyclic) bond motifs is 2. The first-order valence-corrected chi connectivity index (χ1v) is 10.7. The minimum Gasteiger partial charge on any atom is -0.444 e. The van der Waals surface area contributed by atoms with Crippen LogP contribution < -0.4 is 10.6 Å². The van der Waals surface area contributed by atoms with Gasteiger partial charge in [0.15, 0.2) is 5.96 Å². The standard InChI is InChI=1S/C21H38N4O2.HI/c1-20(2,3)27-19(26)25-16-8-9-17(25)13-15(12-16)24-18(22-5)23-14-21(4)10-6-7-11-21;/h15-17H,6-14H2,1-5H3,(H2,22,23,24);1H. The second-order valence-electron chi connectivity index (χ2n) is 10.0. The molecule has 3 rings (SSSR count). The van der Waals surface area contributed by atoms with E-state index in [0.717, 1.165) is 38.2 Å². The zero-order valence-corrected chi connectivity index (χ0v) is 20.5. The van der Waals surface area contributed by atoms with Gasteiger partial charge in [0.2, 0.25) is 0 Å². The first kappa shape index (κ1) is 23.5. The Morgan fingerprint density at radius 2 is 1.75 bits per heavy atom. The number of rotatable bonds is 3. The van der Waals surface area contributed by atoms with Crippen molar-refractivity contribution in [2.75, 3.05) is 13.6 Å². The van der Waals surface area contributed by atoms with Crippen LogP contribution in [-0.4, -0.2) is 54.3 Å². The highest BCUT2D eigenvalue weighted by Crippen LogP contribution is 2.38. The molecule has 0 spiro atoms. The van der Waals surface area contributed by atoms with Crippen molar-refractivity contribution in [2.24, 2.45) is 10.4 Å². The number of halogens is 1. The number of amides is 1. The Balaban J connectivity index is 0.00000280. The maximum Gasteiger partial charge on any atom is 0.410 e. The van der Waals surface area contributed by atoms with Gasteiger partial charge in [-0.15, -0.1) is 24.0 Å². The number of carbonyl (C=O) groups excluding carboxylic acids is 1. The number of aliphatic imine (C=N–C) groups is 1. The van der Waals surface area contributed by atoms with E-state index in [1.54, 1.807) is 0 Å². The van der Waals surface area contributed by atoms with Gasteiger partial charge in [0.05, 0.1) is 0 Å². The minimum absolute atomic E-state index is 0. The van der Waals surface area contributed by atoms with Gasteiger partial charge in [-0.1, -0.05) is 19.8 Å². The number of ether oxygens (including phenoxy) is 1. The summed E-state index contributed by atoms with van der Waals surface area (Å²) in [4.78, 5) is 19.0. The number of carbonyl (C=O) groups is 1. The van der Waals surface area contributed by atoms with Gasteiger partial charge < -0.3 is 20.3 Å². The molecule has 3 aliphatic rings. The third-order valence-corrected chi connectivity index (χ3v) is 6.40. The first-order chi connectivity index (χ1) is 12.7. The average Bonchev–Trinajstić information content (AvgIpc) is 3.12. The second-order valence-corrected chi connectivity index (χ2v) is 10.0. The molecule has 2 unspecified atom stereocenters. The molecule has 2 atom stereocenters. The Bertz CT molecular complexity index is 555. The Hall–Kier alpha value is -0.730. The van der Waals surface area contributed by atoms with Gasteiger partial charge in [-0.2, -0.15) is 0 Å². The van der Waals surface area contributed by atoms with Gasteiger partial charge in [0.25, 0.3) is 0 Å². The smallest absolute Gasteiger partial charge is 0.410 e. The molecule has 0 radical (unpaired) electrons. The highest BCUT2D eigenvalue weighted by atomic mass is 127. The van der Waals surface area contributed by atoms with Gasteiger partial charge in [-0.05, 0) is 64.7 Å². The van der Waals surface area contributed by atoms with E-state index in [2.05, 4.69) is 22.5 Å². The summed E-state index contributed by atoms with van der Waals surface area (Å²) in [6.07, 6.45) is 9.23. The van der Waals surface area contributed by atoms with Crippen molar-refractivity contribution < 1.29 is 9.53 Å². The quantitative estimate of drug-likeness (QED) is 0.341. The van der Waals surface area contributed by atoms with Gasteiger partial charge >= 0.3 is 6.09 Å². The molecule has 2 heterocycles. The van der Waals surface area contributed by atoms with E-state index in [1.807, 2.05) is 32.7 Å². The Labute approximate surface area is 187 Å². The van der Waals surface area contributed by atoms with E-state index in [9.17, 15) is 4.79 Å². The molecule has 3 fully saturated rings. The summed E-state index contributed by atoms with van der Waals surface area (Å²) in [7, 11) is 1.84. The lowest BCUT2D eigenvalue weighted by molar-refractivity contribution is 0.00544. The van der Waals surface area contributed by atoms with E-state index >= 15 is 0 Å². The van der Waals surface area contributed by atoms with Crippen molar-refractivity contribution >= 4 is 36.0 Å². The first-order valence-electron chi connectivity index (χ1n) is 10.7. The van der Waals surface area contributed by atoms with E-state index in [1.165, 1.54) is 25.7 Å². The van der Waals surface area contributed by atoms with Crippen molar-refractivity contribution in [1.82, 2.24) is 15.5 Å². The lowest BCUT2D eigenvalue weighted by atomic mass is 9.89. The lowest BCUT2D eigenvalue weighted by Crippen LogP contribution is -2.55. The number of hydrogen-bond donors (Lipinski definition) is 2. The zero-order chi connectivity index (χ0) is 19.7. The number of hydrogen-bond acceptors (Lipinski definition) is 3. The van der Waals surface area contributed by atoms with Gasteiger partial charge in [-0.25, -0.2) is 4.79 Å². The van der Waals surface area contributed by atoms with Crippen molar-refractivity contribution in [1.29, 1.82) is 0 Å². The van der Waals surface area contributed by atoms with E-state index in [-0.39, 0.29) is 42.2 Å². The lowest BCUT2D eigenvalue weighted by Gasteiger charge is -2.40. The molecule has 1 saturated carbocycles. The molecule has 2 aliphatic heterocycles. The summed E-state index contributed by atoms with van der Waals surface area (Å²) < 4.78 is 5.63. The molecular formula is C21H39IN4O2. The molecule has 28 heavy (non-hydrogen) atoms. The summed E-state index contributed by atoms with van der Waals surface area (Å²) in [5.41, 5.74) is -0.0370. The SMILES string of the molecule is CN=C(NCC1(C)CCCC1)NC1CC2CCC(C1)N2C(=O)OC(C)(C)C.I. The molecular weight excluding hydrogens is 467 g/mol. The molecule has 2 saturated heterocycles. The van der Waals surface area contributed by atoms with E-state index in [0.29, 0.717) is 11.5 Å². The fourth-order valence-corrected chi connectivity index (χ4v) is 5.00. The molecule has 6 nitrogen and oxygen atoms in total. The van der Waals surface area contributed by atoms with Gasteiger partial charge in [0, 0.05) is 31.7 Å². The molecule has 2 bridgehead atoms. The summed E-state index contributed by atoms with van der Waals surface area (Å²) in [6, 6.07) is 0.923. The van der Waals surface area contributed by atoms with Gasteiger partial charge in [-0.3, -0.25) is 4.99 Å². The molecule has 0 aromatic carbocycles. The Morgan fingerprint density at radius 3 is 2.25 bits per heavy atom. The summed E-state index contributed by atoms with van der Waals surface area (Å²) in [6.45, 7) is 9.15. The van der Waals surface area contributed by atoms with Crippen molar-refractivity contribution in [2.45, 2.75) is 103 Å². The van der Waals surface area contributed by atoms with Crippen LogP contribution in [0.5, 0.6) is 0 Å². The Kier molecular flexibility index (Phi) is 7.90. The normalized spacial score (nSPS) is 29.2. The number of piperidine rings is 1. The predicted molar refractivity (Wildman–Crippen MR) is 124 cm³/mol. The van der Waals surface area contributed by atoms with Crippen LogP contribution in [0.2, 0.25) is 0 Å². The molecule has 0 aromatic heterocycles. The Morgan fingerprint density at radius 1 is 1.18 bits per heavy atom. The van der Waals surface area contributed by atoms with Crippen molar-refractivity contribution in [3.8, 4) is 0 Å². The third kappa shape index (κ3) is 5.89. The van der Waals surface area contributed by atoms with Crippen LogP contribution in [0.15, 0.2) is 4.99 Å². The van der Waals surface area contributed by atoms with Crippen LogP contribution in [0.25, 0.3) is 0 Å². The van der Waals surface area contributed by atoms with E-state index < -0.39 is 5.60 Å². The van der Waals surface area contributed by atoms with Crippen LogP contribution in [0.1, 0.15) is 79.1 Å². The fraction of sp³-hybridized carbons (Fsp3) is 0.905. The average molecular weight is 506 g/mol. The summed E-state index contributed by atoms with van der Waals surface area (Å²) in [5.74, 6) is 0.901. The second kappa shape index (κ2) is 9.39. The predicted octanol–water partition coefficient (Wildman–Crippen LogP) is 4.28. The van der Waals surface area contributed by atoms with E-state index in [4.69, 9.17) is 4.74 Å². The van der Waals surface area contributed by atoms with Crippen LogP contribution in [0, 0.1) is 5.41 Å². The number of nitrogens with one attached hydrogen (secondary N) is 2. The molecule has 2 N–H and O–H groups in total. The zero-order valence-electron chi connectivity index (χ0n) is 18.2. The van der Waals surface area contributed by atoms with Crippen LogP contribution in [-0.2, 0) is 4.74 Å². The molecule has 1 amide bonds. The summed E-state index contributed by atoms with van der Waals surface area (Å²) >= 11 is 0. The molecule has 0 aromatic rings. The molecule has 7 heteroatoms. The molecule has 1 aliphatic carbocycles. The minimum atomic E-state index is -0.437. The summed E-state index contributed by atoms with van der Waals surface area (Å²) in [5, 5.41) is 7.16. The van der Waals surface area contributed by atoms with Crippen molar-refractivity contribution in [3.63, 3.8) is 0 Å². The van der Waals surface area contributed by atoms with Crippen LogP contribution >= 0.6 is 24.0 Å². The monoisotopic (exact) mass is 506 g/mol. The molecule has 162 valence electrons.